The van der Waals surface area contributed by atoms with Crippen LogP contribution in [0.3, 0.4) is 0 Å². The zero-order chi connectivity index (χ0) is 26.7. The molecule has 0 radical (unpaired) electrons. The van der Waals surface area contributed by atoms with Crippen LogP contribution >= 0.6 is 0 Å². The van der Waals surface area contributed by atoms with E-state index in [1.807, 2.05) is 0 Å². The summed E-state index contributed by atoms with van der Waals surface area (Å²) in [5.41, 5.74) is 6.34. The standard InChI is InChI=1S/C31H36N2O4S/c1-32(2)38(35,36)30-24(11-8-14-28(30)37-3)29(34)21-15-17-33(18-16-21)20-31-19-25(22-9-4-6-12-26(22)31)23-10-5-7-13-27(23)31/h4-14,21,25,29,34H,15-20H2,1-3H3/t25?,29-,31?/m1/s1. The van der Waals surface area contributed by atoms with Crippen LogP contribution in [0.5, 0.6) is 5.75 Å². The third-order valence-electron chi connectivity index (χ3n) is 9.12. The molecule has 3 aromatic carbocycles. The number of likely N-dealkylation sites (tertiary alicyclic amines) is 1. The van der Waals surface area contributed by atoms with E-state index in [2.05, 4.69) is 53.4 Å². The van der Waals surface area contributed by atoms with Crippen molar-refractivity contribution in [3.63, 3.8) is 0 Å². The molecular formula is C31H36N2O4S. The molecule has 2 aliphatic carbocycles. The molecule has 1 atom stereocenters. The molecule has 6 nitrogen and oxygen atoms in total. The summed E-state index contributed by atoms with van der Waals surface area (Å²) in [7, 11) is 0.682. The number of nitrogens with zero attached hydrogens (tertiary/aromatic N) is 2. The van der Waals surface area contributed by atoms with Crippen LogP contribution in [0.2, 0.25) is 0 Å². The molecule has 38 heavy (non-hydrogen) atoms. The average Bonchev–Trinajstić information content (AvgIpc) is 3.44. The Bertz CT molecular complexity index is 1410. The maximum Gasteiger partial charge on any atom is 0.246 e. The van der Waals surface area contributed by atoms with Crippen LogP contribution in [0.1, 0.15) is 59.1 Å². The maximum absolute atomic E-state index is 13.2. The number of hydrogen-bond donors (Lipinski definition) is 1. The number of hydrogen-bond acceptors (Lipinski definition) is 5. The molecule has 200 valence electrons. The van der Waals surface area contributed by atoms with Gasteiger partial charge in [0.25, 0.3) is 0 Å². The second-order valence-corrected chi connectivity index (χ2v) is 13.3. The summed E-state index contributed by atoms with van der Waals surface area (Å²) in [6.45, 7) is 2.72. The van der Waals surface area contributed by atoms with E-state index in [0.717, 1.165) is 38.9 Å². The monoisotopic (exact) mass is 532 g/mol. The topological polar surface area (TPSA) is 70.1 Å². The van der Waals surface area contributed by atoms with Gasteiger partial charge in [-0.25, -0.2) is 12.7 Å². The van der Waals surface area contributed by atoms with Crippen LogP contribution in [-0.4, -0.2) is 63.6 Å². The molecule has 1 fully saturated rings. The second kappa shape index (κ2) is 9.49. The van der Waals surface area contributed by atoms with E-state index in [0.29, 0.717) is 11.5 Å². The van der Waals surface area contributed by atoms with Crippen molar-refractivity contribution >= 4 is 10.0 Å². The maximum atomic E-state index is 13.2. The zero-order valence-corrected chi connectivity index (χ0v) is 23.1. The van der Waals surface area contributed by atoms with E-state index in [4.69, 9.17) is 4.74 Å². The predicted molar refractivity (Wildman–Crippen MR) is 148 cm³/mol. The summed E-state index contributed by atoms with van der Waals surface area (Å²) in [6, 6.07) is 23.0. The van der Waals surface area contributed by atoms with Gasteiger partial charge in [0.15, 0.2) is 0 Å². The highest BCUT2D eigenvalue weighted by Gasteiger charge is 2.53. The van der Waals surface area contributed by atoms with E-state index in [1.54, 1.807) is 18.2 Å². The molecular weight excluding hydrogens is 496 g/mol. The third kappa shape index (κ3) is 3.82. The van der Waals surface area contributed by atoms with Gasteiger partial charge in [-0.15, -0.1) is 0 Å². The summed E-state index contributed by atoms with van der Waals surface area (Å²) < 4.78 is 32.9. The Morgan fingerprint density at radius 3 is 2.16 bits per heavy atom. The van der Waals surface area contributed by atoms with Crippen LogP contribution in [0.25, 0.3) is 0 Å². The number of fused-ring (bicyclic) bond motifs is 8. The van der Waals surface area contributed by atoms with E-state index >= 15 is 0 Å². The van der Waals surface area contributed by atoms with Crippen molar-refractivity contribution in [2.45, 2.75) is 41.6 Å². The van der Waals surface area contributed by atoms with Crippen molar-refractivity contribution in [3.8, 4) is 5.75 Å². The van der Waals surface area contributed by atoms with Crippen LogP contribution in [0.4, 0.5) is 0 Å². The first-order chi connectivity index (χ1) is 18.3. The van der Waals surface area contributed by atoms with Gasteiger partial charge in [0.05, 0.1) is 13.2 Å². The molecule has 3 aromatic rings. The molecule has 0 unspecified atom stereocenters. The van der Waals surface area contributed by atoms with E-state index in [1.165, 1.54) is 47.8 Å². The average molecular weight is 533 g/mol. The normalized spacial score (nSPS) is 23.9. The summed E-state index contributed by atoms with van der Waals surface area (Å²) in [4.78, 5) is 2.62. The fraction of sp³-hybridized carbons (Fsp3) is 0.419. The van der Waals surface area contributed by atoms with E-state index in [-0.39, 0.29) is 22.0 Å². The Kier molecular flexibility index (Phi) is 6.38. The minimum Gasteiger partial charge on any atom is -0.495 e. The lowest BCUT2D eigenvalue weighted by Crippen LogP contribution is -2.44. The lowest BCUT2D eigenvalue weighted by molar-refractivity contribution is 0.0520. The molecule has 0 aromatic heterocycles. The Labute approximate surface area is 225 Å². The quantitative estimate of drug-likeness (QED) is 0.484. The molecule has 2 bridgehead atoms. The minimum atomic E-state index is -3.79. The molecule has 6 rings (SSSR count). The molecule has 1 N–H and O–H groups in total. The highest BCUT2D eigenvalue weighted by atomic mass is 32.2. The van der Waals surface area contributed by atoms with Crippen LogP contribution < -0.4 is 4.74 Å². The molecule has 1 heterocycles. The smallest absolute Gasteiger partial charge is 0.246 e. The predicted octanol–water partition coefficient (Wildman–Crippen LogP) is 4.53. The number of benzene rings is 3. The number of sulfonamides is 1. The number of aliphatic hydroxyl groups is 1. The highest BCUT2D eigenvalue weighted by Crippen LogP contribution is 2.60. The van der Waals surface area contributed by atoms with Crippen LogP contribution in [0, 0.1) is 5.92 Å². The van der Waals surface area contributed by atoms with Gasteiger partial charge < -0.3 is 14.7 Å². The first-order valence-electron chi connectivity index (χ1n) is 13.5. The fourth-order valence-electron chi connectivity index (χ4n) is 7.26. The number of ether oxygens (including phenoxy) is 1. The molecule has 0 saturated carbocycles. The molecule has 7 heteroatoms. The first kappa shape index (κ1) is 25.6. The molecule has 1 aliphatic heterocycles. The van der Waals surface area contributed by atoms with Gasteiger partial charge in [-0.3, -0.25) is 0 Å². The van der Waals surface area contributed by atoms with Crippen molar-refractivity contribution in [1.82, 2.24) is 9.21 Å². The Balaban J connectivity index is 1.23. The van der Waals surface area contributed by atoms with Gasteiger partial charge in [0, 0.05) is 37.5 Å². The number of piperidine rings is 1. The lowest BCUT2D eigenvalue weighted by atomic mass is 9.74. The number of methoxy groups -OCH3 is 1. The molecule has 3 aliphatic rings. The van der Waals surface area contributed by atoms with Crippen LogP contribution in [-0.2, 0) is 15.4 Å². The molecule has 0 spiro atoms. The SMILES string of the molecule is COc1cccc([C@H](O)C2CCN(CC34CC(c5ccccc53)c3ccccc34)CC2)c1S(=O)(=O)N(C)C. The first-order valence-corrected chi connectivity index (χ1v) is 14.9. The molecule has 0 amide bonds. The number of rotatable bonds is 7. The third-order valence-corrected chi connectivity index (χ3v) is 11.0. The van der Waals surface area contributed by atoms with Gasteiger partial charge in [0.1, 0.15) is 10.6 Å². The van der Waals surface area contributed by atoms with Crippen molar-refractivity contribution in [2.75, 3.05) is 40.8 Å². The van der Waals surface area contributed by atoms with Gasteiger partial charge in [-0.05, 0) is 66.6 Å². The molecule has 1 saturated heterocycles. The summed E-state index contributed by atoms with van der Waals surface area (Å²) in [5.74, 6) is 0.722. The summed E-state index contributed by atoms with van der Waals surface area (Å²) >= 11 is 0. The lowest BCUT2D eigenvalue weighted by Gasteiger charge is -2.40. The largest absolute Gasteiger partial charge is 0.495 e. The Hall–Kier alpha value is -2.71. The fourth-order valence-corrected chi connectivity index (χ4v) is 8.51. The summed E-state index contributed by atoms with van der Waals surface area (Å²) in [6.07, 6.45) is 1.87. The van der Waals surface area contributed by atoms with E-state index in [9.17, 15) is 13.5 Å². The van der Waals surface area contributed by atoms with E-state index < -0.39 is 16.1 Å². The Morgan fingerprint density at radius 1 is 0.974 bits per heavy atom. The highest BCUT2D eigenvalue weighted by molar-refractivity contribution is 7.89. The van der Waals surface area contributed by atoms with Crippen LogP contribution in [0.15, 0.2) is 71.6 Å². The van der Waals surface area contributed by atoms with Crippen molar-refractivity contribution in [1.29, 1.82) is 0 Å². The van der Waals surface area contributed by atoms with Gasteiger partial charge >= 0.3 is 0 Å². The minimum absolute atomic E-state index is 0.0169. The Morgan fingerprint density at radius 2 is 1.58 bits per heavy atom. The summed E-state index contributed by atoms with van der Waals surface area (Å²) in [5, 5.41) is 11.5. The van der Waals surface area contributed by atoms with Crippen molar-refractivity contribution in [2.24, 2.45) is 5.92 Å². The second-order valence-electron chi connectivity index (χ2n) is 11.2. The zero-order valence-electron chi connectivity index (χ0n) is 22.3. The van der Waals surface area contributed by atoms with Crippen molar-refractivity contribution in [3.05, 3.63) is 94.5 Å². The van der Waals surface area contributed by atoms with Gasteiger partial charge in [0.2, 0.25) is 10.0 Å². The number of aliphatic hydroxyl groups excluding tert-OH is 1. The van der Waals surface area contributed by atoms with Gasteiger partial charge in [-0.1, -0.05) is 60.7 Å². The van der Waals surface area contributed by atoms with Gasteiger partial charge in [-0.2, -0.15) is 0 Å². The van der Waals surface area contributed by atoms with Crippen molar-refractivity contribution < 1.29 is 18.3 Å².